The Morgan fingerprint density at radius 3 is 2.55 bits per heavy atom. The molecule has 38 heavy (non-hydrogen) atoms. The molecule has 1 aliphatic carbocycles. The van der Waals surface area contributed by atoms with Gasteiger partial charge in [-0.1, -0.05) is 80.4 Å². The van der Waals surface area contributed by atoms with Crippen LogP contribution in [0, 0.1) is 0 Å². The Morgan fingerprint density at radius 2 is 1.79 bits per heavy atom. The number of aliphatic imine (C=N–C) groups is 2. The minimum Gasteiger partial charge on any atom is -0.352 e. The van der Waals surface area contributed by atoms with E-state index in [-0.39, 0.29) is 35.4 Å². The molecule has 2 N–H and O–H groups in total. The molecule has 2 aromatic carbocycles. The van der Waals surface area contributed by atoms with Crippen molar-refractivity contribution in [3.63, 3.8) is 0 Å². The molecule has 0 unspecified atom stereocenters. The summed E-state index contributed by atoms with van der Waals surface area (Å²) in [7, 11) is 0. The van der Waals surface area contributed by atoms with Gasteiger partial charge in [-0.2, -0.15) is 0 Å². The molecular formula is C29H33N5O3S. The van der Waals surface area contributed by atoms with Gasteiger partial charge in [0.2, 0.25) is 11.8 Å². The number of para-hydroxylation sites is 1. The zero-order chi connectivity index (χ0) is 26.5. The first-order chi connectivity index (χ1) is 18.5. The van der Waals surface area contributed by atoms with Crippen LogP contribution in [0.1, 0.15) is 63.0 Å². The number of amides is 3. The van der Waals surface area contributed by atoms with Crippen molar-refractivity contribution in [3.05, 3.63) is 65.7 Å². The van der Waals surface area contributed by atoms with E-state index < -0.39 is 6.04 Å². The third kappa shape index (κ3) is 5.83. The lowest BCUT2D eigenvalue weighted by Crippen LogP contribution is -2.45. The zero-order valence-corrected chi connectivity index (χ0v) is 22.4. The third-order valence-electron chi connectivity index (χ3n) is 7.12. The highest BCUT2D eigenvalue weighted by atomic mass is 32.2. The van der Waals surface area contributed by atoms with Crippen LogP contribution in [0.15, 0.2) is 64.6 Å². The fourth-order valence-electron chi connectivity index (χ4n) is 5.05. The number of amidine groups is 2. The molecule has 3 amide bonds. The van der Waals surface area contributed by atoms with E-state index >= 15 is 0 Å². The van der Waals surface area contributed by atoms with Crippen molar-refractivity contribution in [2.75, 3.05) is 0 Å². The molecule has 0 saturated heterocycles. The van der Waals surface area contributed by atoms with E-state index in [1.165, 1.54) is 23.1 Å². The van der Waals surface area contributed by atoms with E-state index in [2.05, 4.69) is 15.6 Å². The summed E-state index contributed by atoms with van der Waals surface area (Å²) in [4.78, 5) is 50.4. The van der Waals surface area contributed by atoms with Crippen LogP contribution in [0.4, 0.5) is 5.69 Å². The van der Waals surface area contributed by atoms with Gasteiger partial charge in [0, 0.05) is 18.2 Å². The molecule has 198 valence electrons. The number of hydrogen-bond acceptors (Lipinski definition) is 6. The predicted molar refractivity (Wildman–Crippen MR) is 150 cm³/mol. The Morgan fingerprint density at radius 1 is 1.05 bits per heavy atom. The van der Waals surface area contributed by atoms with Crippen molar-refractivity contribution in [2.45, 2.75) is 75.7 Å². The number of benzene rings is 2. The van der Waals surface area contributed by atoms with E-state index in [0.29, 0.717) is 29.7 Å². The number of fused-ring (bicyclic) bond motifs is 3. The van der Waals surface area contributed by atoms with Crippen LogP contribution in [0.25, 0.3) is 0 Å². The maximum Gasteiger partial charge on any atom is 0.259 e. The van der Waals surface area contributed by atoms with E-state index in [1.54, 1.807) is 0 Å². The van der Waals surface area contributed by atoms with Gasteiger partial charge in [-0.05, 0) is 37.0 Å². The largest absolute Gasteiger partial charge is 0.352 e. The molecule has 5 rings (SSSR count). The molecule has 0 bridgehead atoms. The minimum atomic E-state index is -0.839. The monoisotopic (exact) mass is 531 g/mol. The molecule has 2 heterocycles. The number of nitrogens with zero attached hydrogens (tertiary/aromatic N) is 3. The van der Waals surface area contributed by atoms with Crippen molar-refractivity contribution >= 4 is 46.2 Å². The first-order valence-electron chi connectivity index (χ1n) is 13.4. The van der Waals surface area contributed by atoms with Gasteiger partial charge in [-0.3, -0.25) is 19.4 Å². The molecule has 0 spiro atoms. The molecular weight excluding hydrogens is 498 g/mol. The normalized spacial score (nSPS) is 19.7. The smallest absolute Gasteiger partial charge is 0.259 e. The third-order valence-corrected chi connectivity index (χ3v) is 8.44. The van der Waals surface area contributed by atoms with Gasteiger partial charge in [-0.25, -0.2) is 9.89 Å². The number of thioether (sulfide) groups is 1. The van der Waals surface area contributed by atoms with Crippen LogP contribution in [0.5, 0.6) is 0 Å². The predicted octanol–water partition coefficient (Wildman–Crippen LogP) is 4.31. The molecule has 2 atom stereocenters. The molecule has 3 aliphatic rings. The van der Waals surface area contributed by atoms with Gasteiger partial charge in [0.15, 0.2) is 5.17 Å². The van der Waals surface area contributed by atoms with E-state index in [4.69, 9.17) is 4.99 Å². The summed E-state index contributed by atoms with van der Waals surface area (Å²) in [5, 5.41) is 6.15. The number of nitrogens with one attached hydrogen (secondary N) is 2. The van der Waals surface area contributed by atoms with Crippen molar-refractivity contribution < 1.29 is 14.4 Å². The average Bonchev–Trinajstić information content (AvgIpc) is 3.27. The summed E-state index contributed by atoms with van der Waals surface area (Å²) in [5.74, 6) is -0.0632. The maximum absolute atomic E-state index is 13.6. The molecule has 8 nitrogen and oxygen atoms in total. The van der Waals surface area contributed by atoms with E-state index in [9.17, 15) is 14.4 Å². The van der Waals surface area contributed by atoms with Crippen molar-refractivity contribution in [2.24, 2.45) is 9.98 Å². The summed E-state index contributed by atoms with van der Waals surface area (Å²) < 4.78 is 0. The summed E-state index contributed by atoms with van der Waals surface area (Å²) in [6, 6.07) is 16.5. The van der Waals surface area contributed by atoms with Crippen LogP contribution in [-0.4, -0.2) is 51.0 Å². The molecule has 1 saturated carbocycles. The van der Waals surface area contributed by atoms with E-state index in [0.717, 1.165) is 36.8 Å². The van der Waals surface area contributed by atoms with Crippen LogP contribution < -0.4 is 10.6 Å². The fourth-order valence-corrected chi connectivity index (χ4v) is 6.08. The second-order valence-corrected chi connectivity index (χ2v) is 11.0. The minimum absolute atomic E-state index is 0.0204. The zero-order valence-electron chi connectivity index (χ0n) is 21.6. The van der Waals surface area contributed by atoms with Gasteiger partial charge in [0.1, 0.15) is 11.9 Å². The lowest BCUT2D eigenvalue weighted by molar-refractivity contribution is -0.128. The maximum atomic E-state index is 13.6. The van der Waals surface area contributed by atoms with E-state index in [1.807, 2.05) is 61.5 Å². The first-order valence-corrected chi connectivity index (χ1v) is 14.3. The summed E-state index contributed by atoms with van der Waals surface area (Å²) in [6.45, 7) is 2.36. The first kappa shape index (κ1) is 26.2. The molecule has 0 radical (unpaired) electrons. The highest BCUT2D eigenvalue weighted by molar-refractivity contribution is 8.15. The molecule has 2 aliphatic heterocycles. The van der Waals surface area contributed by atoms with Crippen molar-refractivity contribution in [1.82, 2.24) is 15.5 Å². The Hall–Kier alpha value is -3.46. The SMILES string of the molecule is CC[C@@H](SC1=Nc2ccccc2C2=N[C@@H](CC(=O)NCc3ccccc3)C(=O)N12)C(=O)NC1CCCCC1. The van der Waals surface area contributed by atoms with Gasteiger partial charge in [0.05, 0.1) is 17.4 Å². The van der Waals surface area contributed by atoms with Crippen LogP contribution in [0.3, 0.4) is 0 Å². The standard InChI is InChI=1S/C29H33N5O3S/c1-2-24(27(36)31-20-13-7-4-8-14-20)38-29-33-22-16-10-9-15-21(22)26-32-23(28(37)34(26)29)17-25(35)30-18-19-11-5-3-6-12-19/h3,5-6,9-12,15-16,20,23-24H,2,4,7-8,13-14,17-18H2,1H3,(H,30,35)(H,31,36)/t23-,24+/m0/s1. The summed E-state index contributed by atoms with van der Waals surface area (Å²) in [5.41, 5.74) is 2.44. The van der Waals surface area contributed by atoms with Gasteiger partial charge in [0.25, 0.3) is 5.91 Å². The summed E-state index contributed by atoms with van der Waals surface area (Å²) in [6.07, 6.45) is 6.07. The average molecular weight is 532 g/mol. The number of hydrogen-bond donors (Lipinski definition) is 2. The Kier molecular flexibility index (Phi) is 8.22. The number of carbonyl (C=O) groups is 3. The highest BCUT2D eigenvalue weighted by Gasteiger charge is 2.43. The van der Waals surface area contributed by atoms with Crippen molar-refractivity contribution in [3.8, 4) is 0 Å². The molecule has 9 heteroatoms. The second kappa shape index (κ2) is 11.9. The van der Waals surface area contributed by atoms with Gasteiger partial charge >= 0.3 is 0 Å². The Balaban J connectivity index is 1.31. The number of rotatable bonds is 8. The fraction of sp³-hybridized carbons (Fsp3) is 0.414. The lowest BCUT2D eigenvalue weighted by Gasteiger charge is -2.29. The van der Waals surface area contributed by atoms with Crippen molar-refractivity contribution in [1.29, 1.82) is 0 Å². The Bertz CT molecular complexity index is 1260. The van der Waals surface area contributed by atoms with Crippen LogP contribution in [-0.2, 0) is 20.9 Å². The lowest BCUT2D eigenvalue weighted by atomic mass is 9.95. The quantitative estimate of drug-likeness (QED) is 0.530. The van der Waals surface area contributed by atoms with Crippen LogP contribution >= 0.6 is 11.8 Å². The number of carbonyl (C=O) groups excluding carboxylic acids is 3. The summed E-state index contributed by atoms with van der Waals surface area (Å²) >= 11 is 1.30. The van der Waals surface area contributed by atoms with Gasteiger partial charge in [-0.15, -0.1) is 0 Å². The Labute approximate surface area is 227 Å². The molecule has 0 aromatic heterocycles. The highest BCUT2D eigenvalue weighted by Crippen LogP contribution is 2.35. The van der Waals surface area contributed by atoms with Gasteiger partial charge < -0.3 is 10.6 Å². The van der Waals surface area contributed by atoms with Crippen LogP contribution in [0.2, 0.25) is 0 Å². The second-order valence-electron chi connectivity index (χ2n) is 9.88. The molecule has 1 fully saturated rings. The topological polar surface area (TPSA) is 103 Å². The molecule has 2 aromatic rings.